The highest BCUT2D eigenvalue weighted by Gasteiger charge is 2.18. The third-order valence-corrected chi connectivity index (χ3v) is 2.82. The van der Waals surface area contributed by atoms with Crippen LogP contribution in [0.5, 0.6) is 5.75 Å². The molecule has 0 aliphatic carbocycles. The van der Waals surface area contributed by atoms with Crippen molar-refractivity contribution in [2.24, 2.45) is 0 Å². The Kier molecular flexibility index (Phi) is 6.33. The minimum Gasteiger partial charge on any atom is -0.497 e. The SMILES string of the molecule is COCCCC(Nc1cc(OC)ccc1C#N)C(=O)O. The van der Waals surface area contributed by atoms with E-state index in [2.05, 4.69) is 5.32 Å². The molecule has 108 valence electrons. The summed E-state index contributed by atoms with van der Waals surface area (Å²) in [6.45, 7) is 0.495. The third kappa shape index (κ3) is 4.44. The fourth-order valence-electron chi connectivity index (χ4n) is 1.74. The van der Waals surface area contributed by atoms with Gasteiger partial charge in [0.05, 0.1) is 18.4 Å². The van der Waals surface area contributed by atoms with Crippen molar-refractivity contribution >= 4 is 11.7 Å². The summed E-state index contributed by atoms with van der Waals surface area (Å²) in [5.74, 6) is -0.402. The summed E-state index contributed by atoms with van der Waals surface area (Å²) in [5, 5.41) is 21.1. The van der Waals surface area contributed by atoms with Gasteiger partial charge in [-0.15, -0.1) is 0 Å². The van der Waals surface area contributed by atoms with Gasteiger partial charge in [-0.2, -0.15) is 5.26 Å². The molecule has 2 N–H and O–H groups in total. The molecule has 0 aliphatic heterocycles. The average molecular weight is 278 g/mol. The Balaban J connectivity index is 2.86. The predicted octanol–water partition coefficient (Wildman–Crippen LogP) is 1.86. The number of anilines is 1. The van der Waals surface area contributed by atoms with E-state index in [1.165, 1.54) is 7.11 Å². The summed E-state index contributed by atoms with van der Waals surface area (Å²) in [5.41, 5.74) is 0.834. The Hall–Kier alpha value is -2.26. The smallest absolute Gasteiger partial charge is 0.326 e. The van der Waals surface area contributed by atoms with Gasteiger partial charge < -0.3 is 19.9 Å². The zero-order chi connectivity index (χ0) is 15.0. The first-order valence-electron chi connectivity index (χ1n) is 6.18. The topological polar surface area (TPSA) is 91.6 Å². The molecule has 1 rings (SSSR count). The lowest BCUT2D eigenvalue weighted by molar-refractivity contribution is -0.138. The van der Waals surface area contributed by atoms with Crippen LogP contribution in [0, 0.1) is 11.3 Å². The Bertz CT molecular complexity index is 496. The summed E-state index contributed by atoms with van der Waals surface area (Å²) in [6, 6.07) is 6.11. The van der Waals surface area contributed by atoms with Gasteiger partial charge >= 0.3 is 5.97 Å². The van der Waals surface area contributed by atoms with Gasteiger partial charge in [0.1, 0.15) is 17.9 Å². The monoisotopic (exact) mass is 278 g/mol. The number of benzene rings is 1. The van der Waals surface area contributed by atoms with Gasteiger partial charge in [-0.1, -0.05) is 0 Å². The number of hydrogen-bond acceptors (Lipinski definition) is 5. The molecule has 1 aromatic rings. The van der Waals surface area contributed by atoms with Crippen LogP contribution in [-0.2, 0) is 9.53 Å². The van der Waals surface area contributed by atoms with Gasteiger partial charge in [0.2, 0.25) is 0 Å². The molecule has 1 atom stereocenters. The largest absolute Gasteiger partial charge is 0.497 e. The van der Waals surface area contributed by atoms with Crippen molar-refractivity contribution in [2.45, 2.75) is 18.9 Å². The summed E-state index contributed by atoms with van der Waals surface area (Å²) >= 11 is 0. The number of aliphatic carboxylic acids is 1. The van der Waals surface area contributed by atoms with E-state index >= 15 is 0 Å². The van der Waals surface area contributed by atoms with E-state index < -0.39 is 12.0 Å². The second-order valence-electron chi connectivity index (χ2n) is 4.19. The van der Waals surface area contributed by atoms with Crippen molar-refractivity contribution in [1.29, 1.82) is 5.26 Å². The van der Waals surface area contributed by atoms with Crippen LogP contribution in [-0.4, -0.2) is 37.9 Å². The molecule has 0 heterocycles. The van der Waals surface area contributed by atoms with Crippen molar-refractivity contribution in [1.82, 2.24) is 0 Å². The van der Waals surface area contributed by atoms with Crippen LogP contribution < -0.4 is 10.1 Å². The van der Waals surface area contributed by atoms with Crippen molar-refractivity contribution < 1.29 is 19.4 Å². The van der Waals surface area contributed by atoms with Crippen LogP contribution in [0.1, 0.15) is 18.4 Å². The third-order valence-electron chi connectivity index (χ3n) is 2.82. The maximum atomic E-state index is 11.2. The van der Waals surface area contributed by atoms with E-state index in [-0.39, 0.29) is 0 Å². The molecule has 0 bridgehead atoms. The zero-order valence-corrected chi connectivity index (χ0v) is 11.5. The van der Waals surface area contributed by atoms with Crippen molar-refractivity contribution in [3.63, 3.8) is 0 Å². The number of nitrogens with one attached hydrogen (secondary N) is 1. The van der Waals surface area contributed by atoms with E-state index in [1.54, 1.807) is 25.3 Å². The highest BCUT2D eigenvalue weighted by atomic mass is 16.5. The quantitative estimate of drug-likeness (QED) is 0.705. The normalized spacial score (nSPS) is 11.4. The second kappa shape index (κ2) is 8.02. The number of hydrogen-bond donors (Lipinski definition) is 2. The minimum absolute atomic E-state index is 0.379. The molecule has 0 radical (unpaired) electrons. The maximum absolute atomic E-state index is 11.2. The van der Waals surface area contributed by atoms with Crippen LogP contribution in [0.2, 0.25) is 0 Å². The van der Waals surface area contributed by atoms with Gasteiger partial charge in [0.25, 0.3) is 0 Å². The lowest BCUT2D eigenvalue weighted by Gasteiger charge is -2.17. The summed E-state index contributed by atoms with van der Waals surface area (Å²) in [6.07, 6.45) is 1.03. The summed E-state index contributed by atoms with van der Waals surface area (Å²) in [7, 11) is 3.08. The predicted molar refractivity (Wildman–Crippen MR) is 73.9 cm³/mol. The van der Waals surface area contributed by atoms with Crippen LogP contribution in [0.15, 0.2) is 18.2 Å². The van der Waals surface area contributed by atoms with Gasteiger partial charge in [-0.05, 0) is 25.0 Å². The first-order chi connectivity index (χ1) is 9.62. The zero-order valence-electron chi connectivity index (χ0n) is 11.5. The molecule has 0 saturated heterocycles. The van der Waals surface area contributed by atoms with Gasteiger partial charge in [0, 0.05) is 19.8 Å². The van der Waals surface area contributed by atoms with Crippen molar-refractivity contribution in [3.8, 4) is 11.8 Å². The Labute approximate surface area is 117 Å². The Morgan fingerprint density at radius 1 is 1.50 bits per heavy atom. The molecular weight excluding hydrogens is 260 g/mol. The Morgan fingerprint density at radius 2 is 2.25 bits per heavy atom. The van der Waals surface area contributed by atoms with Crippen molar-refractivity contribution in [2.75, 3.05) is 26.1 Å². The lowest BCUT2D eigenvalue weighted by Crippen LogP contribution is -2.29. The van der Waals surface area contributed by atoms with Crippen LogP contribution in [0.4, 0.5) is 5.69 Å². The molecule has 0 spiro atoms. The number of methoxy groups -OCH3 is 2. The number of carboxylic acid groups (broad SMARTS) is 1. The molecule has 0 saturated carbocycles. The number of rotatable bonds is 8. The van der Waals surface area contributed by atoms with Crippen LogP contribution in [0.3, 0.4) is 0 Å². The fraction of sp³-hybridized carbons (Fsp3) is 0.429. The second-order valence-corrected chi connectivity index (χ2v) is 4.19. The molecule has 0 amide bonds. The summed E-state index contributed by atoms with van der Waals surface area (Å²) < 4.78 is 9.99. The average Bonchev–Trinajstić information content (AvgIpc) is 2.46. The highest BCUT2D eigenvalue weighted by Crippen LogP contribution is 2.23. The first-order valence-corrected chi connectivity index (χ1v) is 6.18. The maximum Gasteiger partial charge on any atom is 0.326 e. The molecule has 6 nitrogen and oxygen atoms in total. The van der Waals surface area contributed by atoms with E-state index in [0.29, 0.717) is 36.4 Å². The van der Waals surface area contributed by atoms with Gasteiger partial charge in [-0.25, -0.2) is 4.79 Å². The molecule has 6 heteroatoms. The molecule has 0 aromatic heterocycles. The molecule has 0 fully saturated rings. The number of nitrogens with zero attached hydrogens (tertiary/aromatic N) is 1. The van der Waals surface area contributed by atoms with Gasteiger partial charge in [0.15, 0.2) is 0 Å². The molecule has 1 unspecified atom stereocenters. The number of carbonyl (C=O) groups is 1. The summed E-state index contributed by atoms with van der Waals surface area (Å²) in [4.78, 5) is 11.2. The fourth-order valence-corrected chi connectivity index (χ4v) is 1.74. The molecule has 0 aliphatic rings. The minimum atomic E-state index is -0.965. The highest BCUT2D eigenvalue weighted by molar-refractivity contribution is 5.78. The van der Waals surface area contributed by atoms with E-state index in [9.17, 15) is 9.90 Å². The molecule has 1 aromatic carbocycles. The van der Waals surface area contributed by atoms with E-state index in [1.807, 2.05) is 6.07 Å². The molecule has 20 heavy (non-hydrogen) atoms. The van der Waals surface area contributed by atoms with Crippen LogP contribution in [0.25, 0.3) is 0 Å². The number of carboxylic acids is 1. The number of ether oxygens (including phenoxy) is 2. The molecular formula is C14H18N2O4. The van der Waals surface area contributed by atoms with Crippen molar-refractivity contribution in [3.05, 3.63) is 23.8 Å². The lowest BCUT2D eigenvalue weighted by atomic mass is 10.1. The van der Waals surface area contributed by atoms with Gasteiger partial charge in [-0.3, -0.25) is 0 Å². The standard InChI is InChI=1S/C14H18N2O4/c1-19-7-3-4-12(14(17)18)16-13-8-11(20-2)6-5-10(13)9-15/h5-6,8,12,16H,3-4,7H2,1-2H3,(H,17,18). The van der Waals surface area contributed by atoms with E-state index in [4.69, 9.17) is 14.7 Å². The number of nitriles is 1. The van der Waals surface area contributed by atoms with E-state index in [0.717, 1.165) is 0 Å². The first kappa shape index (κ1) is 15.8. The Morgan fingerprint density at radius 3 is 2.80 bits per heavy atom. The van der Waals surface area contributed by atoms with Crippen LogP contribution >= 0.6 is 0 Å².